The van der Waals surface area contributed by atoms with E-state index in [2.05, 4.69) is 17.2 Å². The first-order valence-electron chi connectivity index (χ1n) is 6.72. The zero-order valence-electron chi connectivity index (χ0n) is 11.9. The van der Waals surface area contributed by atoms with Crippen molar-refractivity contribution in [3.63, 3.8) is 0 Å². The number of aromatic nitrogens is 1. The number of ether oxygens (including phenoxy) is 2. The van der Waals surface area contributed by atoms with Crippen molar-refractivity contribution < 1.29 is 9.47 Å². The van der Waals surface area contributed by atoms with Crippen molar-refractivity contribution in [2.24, 2.45) is 0 Å². The summed E-state index contributed by atoms with van der Waals surface area (Å²) in [6.45, 7) is 4.49. The van der Waals surface area contributed by atoms with Crippen LogP contribution >= 0.6 is 11.3 Å². The third kappa shape index (κ3) is 4.51. The lowest BCUT2D eigenvalue weighted by Crippen LogP contribution is -2.13. The highest BCUT2D eigenvalue weighted by Gasteiger charge is 2.03. The molecule has 0 atom stereocenters. The van der Waals surface area contributed by atoms with Crippen molar-refractivity contribution in [1.82, 2.24) is 10.3 Å². The molecule has 0 saturated carbocycles. The van der Waals surface area contributed by atoms with E-state index in [0.29, 0.717) is 6.61 Å². The van der Waals surface area contributed by atoms with Crippen molar-refractivity contribution in [3.8, 4) is 11.5 Å². The van der Waals surface area contributed by atoms with E-state index in [9.17, 15) is 0 Å². The van der Waals surface area contributed by atoms with E-state index >= 15 is 0 Å². The summed E-state index contributed by atoms with van der Waals surface area (Å²) >= 11 is 1.66. The predicted molar refractivity (Wildman–Crippen MR) is 81.4 cm³/mol. The average molecular weight is 292 g/mol. The zero-order chi connectivity index (χ0) is 14.2. The molecule has 1 heterocycles. The molecule has 0 aliphatic carbocycles. The van der Waals surface area contributed by atoms with Crippen LogP contribution in [0.5, 0.6) is 11.5 Å². The zero-order valence-corrected chi connectivity index (χ0v) is 12.7. The molecule has 0 radical (unpaired) electrons. The summed E-state index contributed by atoms with van der Waals surface area (Å²) in [6.07, 6.45) is 1.14. The van der Waals surface area contributed by atoms with Crippen molar-refractivity contribution in [2.45, 2.75) is 26.5 Å². The molecule has 0 saturated heterocycles. The van der Waals surface area contributed by atoms with Crippen molar-refractivity contribution in [3.05, 3.63) is 40.3 Å². The van der Waals surface area contributed by atoms with Crippen LogP contribution < -0.4 is 14.8 Å². The molecule has 1 aromatic heterocycles. The molecule has 0 aliphatic heterocycles. The molecule has 20 heavy (non-hydrogen) atoms. The molecule has 4 nitrogen and oxygen atoms in total. The highest BCUT2D eigenvalue weighted by Crippen LogP contribution is 2.20. The van der Waals surface area contributed by atoms with Gasteiger partial charge in [0.25, 0.3) is 0 Å². The Hall–Kier alpha value is -1.59. The Morgan fingerprint density at radius 3 is 2.95 bits per heavy atom. The van der Waals surface area contributed by atoms with E-state index < -0.39 is 0 Å². The number of methoxy groups -OCH3 is 1. The third-order valence-electron chi connectivity index (χ3n) is 2.73. The van der Waals surface area contributed by atoms with Crippen LogP contribution in [0.25, 0.3) is 0 Å². The summed E-state index contributed by atoms with van der Waals surface area (Å²) in [5, 5.41) is 6.49. The number of nitrogens with one attached hydrogen (secondary N) is 1. The first-order chi connectivity index (χ1) is 9.81. The van der Waals surface area contributed by atoms with Gasteiger partial charge in [-0.15, -0.1) is 11.3 Å². The molecule has 0 aliphatic rings. The van der Waals surface area contributed by atoms with Crippen LogP contribution in [0.3, 0.4) is 0 Å². The topological polar surface area (TPSA) is 43.4 Å². The van der Waals surface area contributed by atoms with Crippen LogP contribution in [0.4, 0.5) is 0 Å². The van der Waals surface area contributed by atoms with Crippen molar-refractivity contribution in [2.75, 3.05) is 13.7 Å². The molecule has 2 rings (SSSR count). The standard InChI is InChI=1S/C15H20N2O2S/c1-3-7-16-9-15-17-12(11-20-15)10-19-14-6-4-5-13(8-14)18-2/h4-6,8,11,16H,3,7,9-10H2,1-2H3. The molecule has 0 fully saturated rings. The van der Waals surface area contributed by atoms with Gasteiger partial charge >= 0.3 is 0 Å². The van der Waals surface area contributed by atoms with Crippen LogP contribution in [0.2, 0.25) is 0 Å². The van der Waals surface area contributed by atoms with Crippen LogP contribution in [-0.2, 0) is 13.2 Å². The molecular formula is C15H20N2O2S. The Bertz CT molecular complexity index is 528. The molecule has 108 valence electrons. The quantitative estimate of drug-likeness (QED) is 0.759. The molecule has 2 aromatic rings. The maximum absolute atomic E-state index is 5.72. The van der Waals surface area contributed by atoms with Gasteiger partial charge in [0.15, 0.2) is 0 Å². The third-order valence-corrected chi connectivity index (χ3v) is 3.63. The molecule has 5 heteroatoms. The fourth-order valence-corrected chi connectivity index (χ4v) is 2.46. The summed E-state index contributed by atoms with van der Waals surface area (Å²) in [4.78, 5) is 4.54. The monoisotopic (exact) mass is 292 g/mol. The van der Waals surface area contributed by atoms with Gasteiger partial charge in [-0.05, 0) is 25.1 Å². The number of hydrogen-bond acceptors (Lipinski definition) is 5. The molecule has 1 aromatic carbocycles. The largest absolute Gasteiger partial charge is 0.497 e. The maximum atomic E-state index is 5.72. The molecule has 0 bridgehead atoms. The van der Waals surface area contributed by atoms with Gasteiger partial charge in [0, 0.05) is 18.0 Å². The van der Waals surface area contributed by atoms with Gasteiger partial charge in [-0.1, -0.05) is 13.0 Å². The second-order valence-electron chi connectivity index (χ2n) is 4.38. The Morgan fingerprint density at radius 2 is 2.15 bits per heavy atom. The molecule has 0 amide bonds. The second kappa shape index (κ2) is 7.87. The van der Waals surface area contributed by atoms with Gasteiger partial charge in [-0.25, -0.2) is 4.98 Å². The lowest BCUT2D eigenvalue weighted by atomic mass is 10.3. The number of rotatable bonds is 8. The van der Waals surface area contributed by atoms with Crippen molar-refractivity contribution >= 4 is 11.3 Å². The number of nitrogens with zero attached hydrogens (tertiary/aromatic N) is 1. The molecule has 0 spiro atoms. The van der Waals surface area contributed by atoms with Crippen molar-refractivity contribution in [1.29, 1.82) is 0 Å². The van der Waals surface area contributed by atoms with E-state index in [1.165, 1.54) is 0 Å². The van der Waals surface area contributed by atoms with Gasteiger partial charge in [-0.2, -0.15) is 0 Å². The lowest BCUT2D eigenvalue weighted by molar-refractivity contribution is 0.299. The Morgan fingerprint density at radius 1 is 1.30 bits per heavy atom. The minimum atomic E-state index is 0.484. The second-order valence-corrected chi connectivity index (χ2v) is 5.32. The van der Waals surface area contributed by atoms with E-state index in [-0.39, 0.29) is 0 Å². The Labute approximate surface area is 123 Å². The fourth-order valence-electron chi connectivity index (χ4n) is 1.72. The summed E-state index contributed by atoms with van der Waals surface area (Å²) in [5.74, 6) is 1.59. The van der Waals surface area contributed by atoms with E-state index in [1.54, 1.807) is 18.4 Å². The van der Waals surface area contributed by atoms with Crippen LogP contribution in [0, 0.1) is 0 Å². The summed E-state index contributed by atoms with van der Waals surface area (Å²) in [7, 11) is 1.65. The van der Waals surface area contributed by atoms with Crippen LogP contribution in [-0.4, -0.2) is 18.6 Å². The Kier molecular flexibility index (Phi) is 5.83. The highest BCUT2D eigenvalue weighted by molar-refractivity contribution is 7.09. The first-order valence-corrected chi connectivity index (χ1v) is 7.60. The average Bonchev–Trinajstić information content (AvgIpc) is 2.94. The smallest absolute Gasteiger partial charge is 0.131 e. The summed E-state index contributed by atoms with van der Waals surface area (Å²) in [6, 6.07) is 7.59. The Balaban J connectivity index is 1.84. The summed E-state index contributed by atoms with van der Waals surface area (Å²) in [5.41, 5.74) is 0.964. The molecule has 0 unspecified atom stereocenters. The summed E-state index contributed by atoms with van der Waals surface area (Å²) < 4.78 is 10.9. The van der Waals surface area contributed by atoms with Gasteiger partial charge in [0.1, 0.15) is 23.1 Å². The predicted octanol–water partition coefficient (Wildman–Crippen LogP) is 3.23. The van der Waals surface area contributed by atoms with E-state index in [1.807, 2.05) is 29.6 Å². The van der Waals surface area contributed by atoms with Gasteiger partial charge in [0.05, 0.1) is 12.8 Å². The first kappa shape index (κ1) is 14.8. The normalized spacial score (nSPS) is 10.5. The SMILES string of the molecule is CCCNCc1nc(COc2cccc(OC)c2)cs1. The number of benzene rings is 1. The molecule has 1 N–H and O–H groups in total. The molecular weight excluding hydrogens is 272 g/mol. The van der Waals surface area contributed by atoms with Crippen LogP contribution in [0.1, 0.15) is 24.0 Å². The lowest BCUT2D eigenvalue weighted by Gasteiger charge is -2.06. The number of hydrogen-bond donors (Lipinski definition) is 1. The fraction of sp³-hybridized carbons (Fsp3) is 0.400. The van der Waals surface area contributed by atoms with Gasteiger partial charge in [-0.3, -0.25) is 0 Å². The maximum Gasteiger partial charge on any atom is 0.131 e. The van der Waals surface area contributed by atoms with E-state index in [0.717, 1.165) is 41.7 Å². The minimum absolute atomic E-state index is 0.484. The van der Waals surface area contributed by atoms with Crippen LogP contribution in [0.15, 0.2) is 29.6 Å². The number of thiazole rings is 1. The van der Waals surface area contributed by atoms with Gasteiger partial charge < -0.3 is 14.8 Å². The highest BCUT2D eigenvalue weighted by atomic mass is 32.1. The van der Waals surface area contributed by atoms with Gasteiger partial charge in [0.2, 0.25) is 0 Å². The van der Waals surface area contributed by atoms with E-state index in [4.69, 9.17) is 9.47 Å². The minimum Gasteiger partial charge on any atom is -0.497 e.